The zero-order valence-electron chi connectivity index (χ0n) is 9.57. The van der Waals surface area contributed by atoms with Crippen molar-refractivity contribution < 1.29 is 0 Å². The molecule has 0 heterocycles. The van der Waals surface area contributed by atoms with Crippen LogP contribution in [0.2, 0.25) is 0 Å². The van der Waals surface area contributed by atoms with Gasteiger partial charge in [-0.2, -0.15) is 0 Å². The molecule has 0 aromatic rings. The number of rotatable bonds is 9. The third-order valence-corrected chi connectivity index (χ3v) is 2.46. The molecule has 13 heavy (non-hydrogen) atoms. The van der Waals surface area contributed by atoms with Crippen LogP contribution in [0, 0.1) is 0 Å². The van der Waals surface area contributed by atoms with Gasteiger partial charge < -0.3 is 0 Å². The Morgan fingerprint density at radius 3 is 0.923 bits per heavy atom. The second-order valence-corrected chi connectivity index (χ2v) is 3.83. The van der Waals surface area contributed by atoms with E-state index < -0.39 is 0 Å². The maximum Gasteiger partial charge on any atom is 0 e. The van der Waals surface area contributed by atoms with Crippen LogP contribution in [0.5, 0.6) is 0 Å². The van der Waals surface area contributed by atoms with E-state index in [1.165, 1.54) is 64.2 Å². The van der Waals surface area contributed by atoms with E-state index in [2.05, 4.69) is 13.8 Å². The predicted molar refractivity (Wildman–Crippen MR) is 63.3 cm³/mol. The largest absolute Gasteiger partial charge is 0.0654 e. The van der Waals surface area contributed by atoms with Crippen LogP contribution in [0.15, 0.2) is 0 Å². The minimum absolute atomic E-state index is 0. The van der Waals surface area contributed by atoms with Crippen LogP contribution in [0.4, 0.5) is 0 Å². The van der Waals surface area contributed by atoms with E-state index in [0.29, 0.717) is 0 Å². The van der Waals surface area contributed by atoms with Crippen LogP contribution in [-0.4, -0.2) is 27.3 Å². The summed E-state index contributed by atoms with van der Waals surface area (Å²) in [5, 5.41) is 0. The first kappa shape index (κ1) is 16.4. The molecule has 0 aliphatic carbocycles. The summed E-state index contributed by atoms with van der Waals surface area (Å²) in [5.74, 6) is 0. The van der Waals surface area contributed by atoms with Crippen LogP contribution in [0.3, 0.4) is 0 Å². The molecule has 0 saturated heterocycles. The SMILES string of the molecule is CCCCCCCCCCCC.[Pb]. The summed E-state index contributed by atoms with van der Waals surface area (Å²) in [4.78, 5) is 0. The molecule has 0 aliphatic heterocycles. The molecule has 1 heteroatoms. The minimum Gasteiger partial charge on any atom is -0.0654 e. The van der Waals surface area contributed by atoms with Crippen molar-refractivity contribution in [3.8, 4) is 0 Å². The van der Waals surface area contributed by atoms with Gasteiger partial charge >= 0.3 is 0 Å². The summed E-state index contributed by atoms with van der Waals surface area (Å²) in [5.41, 5.74) is 0. The number of hydrogen-bond donors (Lipinski definition) is 0. The van der Waals surface area contributed by atoms with E-state index in [4.69, 9.17) is 0 Å². The molecule has 0 aromatic carbocycles. The van der Waals surface area contributed by atoms with Crippen LogP contribution >= 0.6 is 0 Å². The Labute approximate surface area is 105 Å². The Balaban J connectivity index is 0. The van der Waals surface area contributed by atoms with Crippen molar-refractivity contribution >= 4 is 27.3 Å². The first-order chi connectivity index (χ1) is 5.91. The van der Waals surface area contributed by atoms with Crippen molar-refractivity contribution in [2.45, 2.75) is 78.1 Å². The van der Waals surface area contributed by atoms with Crippen molar-refractivity contribution in [1.82, 2.24) is 0 Å². The van der Waals surface area contributed by atoms with Gasteiger partial charge in [0.1, 0.15) is 0 Å². The Morgan fingerprint density at radius 1 is 0.462 bits per heavy atom. The standard InChI is InChI=1S/C12H26.Pb/c1-3-5-7-9-11-12-10-8-6-4-2;/h3-12H2,1-2H3;. The van der Waals surface area contributed by atoms with E-state index in [-0.39, 0.29) is 27.3 Å². The third-order valence-electron chi connectivity index (χ3n) is 2.46. The molecule has 0 bridgehead atoms. The average molecular weight is 378 g/mol. The van der Waals surface area contributed by atoms with Gasteiger partial charge in [-0.1, -0.05) is 78.1 Å². The van der Waals surface area contributed by atoms with E-state index in [1.54, 1.807) is 0 Å². The van der Waals surface area contributed by atoms with Gasteiger partial charge in [0.05, 0.1) is 0 Å². The van der Waals surface area contributed by atoms with E-state index >= 15 is 0 Å². The van der Waals surface area contributed by atoms with Gasteiger partial charge in [0.15, 0.2) is 0 Å². The molecule has 4 radical (unpaired) electrons. The van der Waals surface area contributed by atoms with Gasteiger partial charge in [-0.15, -0.1) is 0 Å². The molecule has 0 aromatic heterocycles. The van der Waals surface area contributed by atoms with Crippen LogP contribution < -0.4 is 0 Å². The van der Waals surface area contributed by atoms with E-state index in [9.17, 15) is 0 Å². The molecule has 0 saturated carbocycles. The normalized spacial score (nSPS) is 9.69. The summed E-state index contributed by atoms with van der Waals surface area (Å²) in [6.45, 7) is 4.56. The van der Waals surface area contributed by atoms with Gasteiger partial charge in [0.2, 0.25) is 0 Å². The fraction of sp³-hybridized carbons (Fsp3) is 1.00. The fourth-order valence-electron chi connectivity index (χ4n) is 1.56. The Morgan fingerprint density at radius 2 is 0.692 bits per heavy atom. The Hall–Kier alpha value is 0.922. The molecule has 0 unspecified atom stereocenters. The van der Waals surface area contributed by atoms with Gasteiger partial charge in [-0.05, 0) is 0 Å². The average Bonchev–Trinajstić information content (AvgIpc) is 2.10. The predicted octanol–water partition coefficient (Wildman–Crippen LogP) is 4.55. The van der Waals surface area contributed by atoms with E-state index in [0.717, 1.165) is 0 Å². The Kier molecular flexibility index (Phi) is 19.4. The smallest absolute Gasteiger partial charge is 0 e. The quantitative estimate of drug-likeness (QED) is 0.409. The molecule has 0 N–H and O–H groups in total. The second-order valence-electron chi connectivity index (χ2n) is 3.83. The second kappa shape index (κ2) is 15.4. The summed E-state index contributed by atoms with van der Waals surface area (Å²) < 4.78 is 0. The van der Waals surface area contributed by atoms with Crippen molar-refractivity contribution in [3.05, 3.63) is 0 Å². The minimum atomic E-state index is 0. The summed E-state index contributed by atoms with van der Waals surface area (Å²) in [6, 6.07) is 0. The van der Waals surface area contributed by atoms with Crippen LogP contribution in [0.25, 0.3) is 0 Å². The van der Waals surface area contributed by atoms with Crippen molar-refractivity contribution in [1.29, 1.82) is 0 Å². The maximum atomic E-state index is 2.28. The number of unbranched alkanes of at least 4 members (excludes halogenated alkanes) is 9. The monoisotopic (exact) mass is 378 g/mol. The van der Waals surface area contributed by atoms with E-state index in [1.807, 2.05) is 0 Å². The molecule has 0 atom stereocenters. The van der Waals surface area contributed by atoms with Gasteiger partial charge in [0.25, 0.3) is 0 Å². The van der Waals surface area contributed by atoms with Crippen molar-refractivity contribution in [2.24, 2.45) is 0 Å². The molecule has 0 aliphatic rings. The number of hydrogen-bond acceptors (Lipinski definition) is 0. The summed E-state index contributed by atoms with van der Waals surface area (Å²) >= 11 is 0. The zero-order chi connectivity index (χ0) is 9.07. The molecule has 0 spiro atoms. The topological polar surface area (TPSA) is 0 Å². The molecular weight excluding hydrogens is 351 g/mol. The molecule has 0 rings (SSSR count). The van der Waals surface area contributed by atoms with Gasteiger partial charge in [0, 0.05) is 27.3 Å². The first-order valence-electron chi connectivity index (χ1n) is 5.91. The van der Waals surface area contributed by atoms with Gasteiger partial charge in [-0.25, -0.2) is 0 Å². The molecule has 0 nitrogen and oxygen atoms in total. The fourth-order valence-corrected chi connectivity index (χ4v) is 1.56. The zero-order valence-corrected chi connectivity index (χ0v) is 13.5. The maximum absolute atomic E-state index is 2.28. The molecule has 78 valence electrons. The molecule has 0 fully saturated rings. The molecule has 0 amide bonds. The summed E-state index contributed by atoms with van der Waals surface area (Å²) in [7, 11) is 0. The summed E-state index contributed by atoms with van der Waals surface area (Å²) in [6.07, 6.45) is 14.4. The van der Waals surface area contributed by atoms with Crippen LogP contribution in [-0.2, 0) is 0 Å². The van der Waals surface area contributed by atoms with Crippen LogP contribution in [0.1, 0.15) is 78.1 Å². The van der Waals surface area contributed by atoms with Crippen molar-refractivity contribution in [2.75, 3.05) is 0 Å². The first-order valence-corrected chi connectivity index (χ1v) is 5.91. The van der Waals surface area contributed by atoms with Crippen molar-refractivity contribution in [3.63, 3.8) is 0 Å². The third kappa shape index (κ3) is 15.7. The molecular formula is C12H26Pb. The Bertz CT molecular complexity index is 61.5. The van der Waals surface area contributed by atoms with Gasteiger partial charge in [-0.3, -0.25) is 0 Å².